The standard InChI is InChI=1S/C12H22O2Si/c1-5-15(6-2,7-3)9-8-12(14)11(4)10-13/h10-12,14H,5-7H2,1-4H3/t11-,12+/m1/s1. The molecule has 1 N–H and O–H groups in total. The zero-order valence-electron chi connectivity index (χ0n) is 10.2. The lowest BCUT2D eigenvalue weighted by atomic mass is 10.1. The van der Waals surface area contributed by atoms with Crippen LogP contribution in [0.15, 0.2) is 0 Å². The molecule has 0 radical (unpaired) electrons. The third-order valence-electron chi connectivity index (χ3n) is 3.23. The smallest absolute Gasteiger partial charge is 0.137 e. The average Bonchev–Trinajstić information content (AvgIpc) is 2.30. The van der Waals surface area contributed by atoms with Crippen LogP contribution in [0.2, 0.25) is 18.1 Å². The van der Waals surface area contributed by atoms with Crippen LogP contribution in [0.3, 0.4) is 0 Å². The van der Waals surface area contributed by atoms with E-state index in [-0.39, 0.29) is 5.92 Å². The highest BCUT2D eigenvalue weighted by atomic mass is 28.3. The minimum Gasteiger partial charge on any atom is -0.380 e. The van der Waals surface area contributed by atoms with Gasteiger partial charge in [-0.15, -0.1) is 5.54 Å². The van der Waals surface area contributed by atoms with E-state index in [1.165, 1.54) is 0 Å². The number of carbonyl (C=O) groups excluding carboxylic acids is 1. The number of aliphatic hydroxyl groups excluding tert-OH is 1. The summed E-state index contributed by atoms with van der Waals surface area (Å²) in [6.45, 7) is 8.20. The van der Waals surface area contributed by atoms with Crippen molar-refractivity contribution in [2.75, 3.05) is 0 Å². The predicted octanol–water partition coefficient (Wildman–Crippen LogP) is 2.23. The fourth-order valence-corrected chi connectivity index (χ4v) is 3.93. The lowest BCUT2D eigenvalue weighted by Gasteiger charge is -2.20. The summed E-state index contributed by atoms with van der Waals surface area (Å²) >= 11 is 0. The first-order chi connectivity index (χ1) is 7.05. The van der Waals surface area contributed by atoms with Gasteiger partial charge in [0.15, 0.2) is 0 Å². The molecular weight excluding hydrogens is 204 g/mol. The minimum atomic E-state index is -1.48. The van der Waals surface area contributed by atoms with Crippen molar-refractivity contribution in [3.63, 3.8) is 0 Å². The van der Waals surface area contributed by atoms with Crippen LogP contribution in [0.25, 0.3) is 0 Å². The molecule has 2 atom stereocenters. The molecule has 0 aromatic rings. The summed E-state index contributed by atoms with van der Waals surface area (Å²) < 4.78 is 0. The van der Waals surface area contributed by atoms with Crippen molar-refractivity contribution >= 4 is 14.4 Å². The van der Waals surface area contributed by atoms with Crippen molar-refractivity contribution in [2.24, 2.45) is 5.92 Å². The van der Waals surface area contributed by atoms with Gasteiger partial charge in [-0.1, -0.05) is 33.6 Å². The number of carbonyl (C=O) groups is 1. The Hall–Kier alpha value is -0.593. The van der Waals surface area contributed by atoms with Gasteiger partial charge in [-0.3, -0.25) is 0 Å². The maximum atomic E-state index is 10.5. The van der Waals surface area contributed by atoms with Gasteiger partial charge in [-0.25, -0.2) is 0 Å². The molecule has 0 saturated heterocycles. The molecule has 0 spiro atoms. The van der Waals surface area contributed by atoms with Gasteiger partial charge in [-0.2, -0.15) is 0 Å². The fraction of sp³-hybridized carbons (Fsp3) is 0.750. The maximum absolute atomic E-state index is 10.5. The number of aliphatic hydroxyl groups is 1. The van der Waals surface area contributed by atoms with Gasteiger partial charge in [-0.05, 0) is 18.1 Å². The van der Waals surface area contributed by atoms with Gasteiger partial charge in [0.2, 0.25) is 0 Å². The van der Waals surface area contributed by atoms with Gasteiger partial charge >= 0.3 is 0 Å². The maximum Gasteiger partial charge on any atom is 0.137 e. The summed E-state index contributed by atoms with van der Waals surface area (Å²) in [6.07, 6.45) is -0.0362. The van der Waals surface area contributed by atoms with Crippen molar-refractivity contribution in [1.29, 1.82) is 0 Å². The Morgan fingerprint density at radius 3 is 2.07 bits per heavy atom. The van der Waals surface area contributed by atoms with Crippen LogP contribution in [0.4, 0.5) is 0 Å². The van der Waals surface area contributed by atoms with Gasteiger partial charge in [0.05, 0.1) is 0 Å². The zero-order chi connectivity index (χ0) is 11.9. The lowest BCUT2D eigenvalue weighted by molar-refractivity contribution is -0.112. The molecular formula is C12H22O2Si. The van der Waals surface area contributed by atoms with Crippen LogP contribution in [-0.2, 0) is 4.79 Å². The van der Waals surface area contributed by atoms with E-state index in [1.54, 1.807) is 6.92 Å². The highest BCUT2D eigenvalue weighted by molar-refractivity contribution is 6.87. The average molecular weight is 226 g/mol. The van der Waals surface area contributed by atoms with E-state index >= 15 is 0 Å². The van der Waals surface area contributed by atoms with Crippen molar-refractivity contribution in [3.8, 4) is 11.5 Å². The largest absolute Gasteiger partial charge is 0.380 e. The number of rotatable bonds is 5. The van der Waals surface area contributed by atoms with Crippen molar-refractivity contribution in [3.05, 3.63) is 0 Å². The third kappa shape index (κ3) is 4.19. The van der Waals surface area contributed by atoms with E-state index in [0.29, 0.717) is 0 Å². The van der Waals surface area contributed by atoms with Crippen LogP contribution in [0.1, 0.15) is 27.7 Å². The Morgan fingerprint density at radius 2 is 1.73 bits per heavy atom. The predicted molar refractivity (Wildman–Crippen MR) is 66.2 cm³/mol. The van der Waals surface area contributed by atoms with Crippen molar-refractivity contribution < 1.29 is 9.90 Å². The van der Waals surface area contributed by atoms with Crippen molar-refractivity contribution in [1.82, 2.24) is 0 Å². The first-order valence-electron chi connectivity index (χ1n) is 5.71. The van der Waals surface area contributed by atoms with E-state index in [9.17, 15) is 9.90 Å². The summed E-state index contributed by atoms with van der Waals surface area (Å²) in [7, 11) is -1.48. The van der Waals surface area contributed by atoms with Crippen LogP contribution in [0.5, 0.6) is 0 Å². The first kappa shape index (κ1) is 14.4. The molecule has 0 amide bonds. The number of hydrogen-bond donors (Lipinski definition) is 1. The monoisotopic (exact) mass is 226 g/mol. The van der Waals surface area contributed by atoms with Gasteiger partial charge in [0.25, 0.3) is 0 Å². The Bertz CT molecular complexity index is 240. The molecule has 86 valence electrons. The molecule has 0 aliphatic rings. The van der Waals surface area contributed by atoms with Crippen LogP contribution < -0.4 is 0 Å². The van der Waals surface area contributed by atoms with Crippen LogP contribution >= 0.6 is 0 Å². The molecule has 0 aliphatic heterocycles. The molecule has 0 fully saturated rings. The Balaban J connectivity index is 4.66. The molecule has 3 heteroatoms. The summed E-state index contributed by atoms with van der Waals surface area (Å²) in [5, 5.41) is 9.58. The molecule has 0 unspecified atom stereocenters. The summed E-state index contributed by atoms with van der Waals surface area (Å²) in [4.78, 5) is 10.5. The summed E-state index contributed by atoms with van der Waals surface area (Å²) in [5.74, 6) is 2.48. The summed E-state index contributed by atoms with van der Waals surface area (Å²) in [6, 6.07) is 3.36. The quantitative estimate of drug-likeness (QED) is 0.443. The Morgan fingerprint density at radius 1 is 1.27 bits per heavy atom. The number of aldehydes is 1. The Kier molecular flexibility index (Phi) is 6.54. The van der Waals surface area contributed by atoms with E-state index in [2.05, 4.69) is 32.2 Å². The van der Waals surface area contributed by atoms with E-state index in [0.717, 1.165) is 24.4 Å². The van der Waals surface area contributed by atoms with Crippen molar-refractivity contribution in [2.45, 2.75) is 51.9 Å². The topological polar surface area (TPSA) is 37.3 Å². The second kappa shape index (κ2) is 6.81. The highest BCUT2D eigenvalue weighted by Crippen LogP contribution is 2.18. The first-order valence-corrected chi connectivity index (χ1v) is 8.33. The lowest BCUT2D eigenvalue weighted by Crippen LogP contribution is -2.30. The van der Waals surface area contributed by atoms with Crippen LogP contribution in [-0.4, -0.2) is 25.6 Å². The van der Waals surface area contributed by atoms with E-state index in [4.69, 9.17) is 0 Å². The molecule has 0 saturated carbocycles. The van der Waals surface area contributed by atoms with Gasteiger partial charge in [0.1, 0.15) is 20.5 Å². The molecule has 0 aromatic heterocycles. The fourth-order valence-electron chi connectivity index (χ4n) is 1.45. The van der Waals surface area contributed by atoms with Crippen LogP contribution in [0, 0.1) is 17.4 Å². The van der Waals surface area contributed by atoms with E-state index < -0.39 is 14.2 Å². The molecule has 0 aliphatic carbocycles. The van der Waals surface area contributed by atoms with Gasteiger partial charge in [0, 0.05) is 5.92 Å². The third-order valence-corrected chi connectivity index (χ3v) is 7.96. The molecule has 0 rings (SSSR count). The number of hydrogen-bond acceptors (Lipinski definition) is 2. The SMILES string of the molecule is CC[Si](C#C[C@H](O)[C@H](C)C=O)(CC)CC. The highest BCUT2D eigenvalue weighted by Gasteiger charge is 2.24. The van der Waals surface area contributed by atoms with Gasteiger partial charge < -0.3 is 9.90 Å². The minimum absolute atomic E-state index is 0.380. The molecule has 0 bridgehead atoms. The molecule has 0 aromatic carbocycles. The normalized spacial score (nSPS) is 15.0. The second-order valence-corrected chi connectivity index (χ2v) is 8.98. The molecule has 2 nitrogen and oxygen atoms in total. The summed E-state index contributed by atoms with van der Waals surface area (Å²) in [5.41, 5.74) is 3.28. The molecule has 0 heterocycles. The second-order valence-electron chi connectivity index (χ2n) is 4.05. The van der Waals surface area contributed by atoms with E-state index in [1.807, 2.05) is 0 Å². The zero-order valence-corrected chi connectivity index (χ0v) is 11.2. The Labute approximate surface area is 94.1 Å². The molecule has 15 heavy (non-hydrogen) atoms.